The van der Waals surface area contributed by atoms with Crippen LogP contribution in [0.1, 0.15) is 40.5 Å². The monoisotopic (exact) mass is 457 g/mol. The highest BCUT2D eigenvalue weighted by Crippen LogP contribution is 2.38. The standard InChI is InChI=1S/C25H17ClFN5O/c26-17-8-19(22(27)21(9-17)32-5-1-2-6-32)23(33)20-13-31-25-18(20)7-15(10-30-25)16-11-28-24(29-12-16)14-3-4-14/h1-2,5-14H,3-4H2,(H,30,31). The number of pyridine rings is 1. The number of aromatic nitrogens is 5. The number of carbonyl (C=O) groups is 1. The van der Waals surface area contributed by atoms with E-state index in [1.165, 1.54) is 12.1 Å². The van der Waals surface area contributed by atoms with Gasteiger partial charge >= 0.3 is 0 Å². The Morgan fingerprint density at radius 2 is 1.73 bits per heavy atom. The summed E-state index contributed by atoms with van der Waals surface area (Å²) in [5.74, 6) is 0.217. The summed E-state index contributed by atoms with van der Waals surface area (Å²) in [6, 6.07) is 8.24. The zero-order valence-corrected chi connectivity index (χ0v) is 18.1. The highest BCUT2D eigenvalue weighted by molar-refractivity contribution is 6.31. The van der Waals surface area contributed by atoms with Crippen molar-refractivity contribution in [2.24, 2.45) is 0 Å². The van der Waals surface area contributed by atoms with Gasteiger partial charge in [0.05, 0.1) is 11.3 Å². The van der Waals surface area contributed by atoms with Gasteiger partial charge in [-0.05, 0) is 43.2 Å². The molecule has 162 valence electrons. The molecule has 0 bridgehead atoms. The van der Waals surface area contributed by atoms with Crippen LogP contribution in [0, 0.1) is 5.82 Å². The van der Waals surface area contributed by atoms with Crippen LogP contribution in [-0.2, 0) is 0 Å². The number of rotatable bonds is 5. The first-order valence-electron chi connectivity index (χ1n) is 10.5. The topological polar surface area (TPSA) is 76.5 Å². The van der Waals surface area contributed by atoms with Crippen LogP contribution in [0.25, 0.3) is 27.8 Å². The summed E-state index contributed by atoms with van der Waals surface area (Å²) in [6.45, 7) is 0. The van der Waals surface area contributed by atoms with Crippen LogP contribution in [0.4, 0.5) is 4.39 Å². The number of H-pyrrole nitrogens is 1. The molecule has 6 nitrogen and oxygen atoms in total. The second-order valence-electron chi connectivity index (χ2n) is 8.13. The molecule has 0 unspecified atom stereocenters. The fourth-order valence-corrected chi connectivity index (χ4v) is 4.17. The van der Waals surface area contributed by atoms with Crippen molar-refractivity contribution in [2.45, 2.75) is 18.8 Å². The normalized spacial score (nSPS) is 13.5. The molecule has 0 aliphatic heterocycles. The Balaban J connectivity index is 1.42. The number of nitrogens with zero attached hydrogens (tertiary/aromatic N) is 4. The average molecular weight is 458 g/mol. The predicted octanol–water partition coefficient (Wildman–Crippen LogP) is 5.71. The molecule has 6 rings (SSSR count). The van der Waals surface area contributed by atoms with E-state index in [1.54, 1.807) is 53.9 Å². The quantitative estimate of drug-likeness (QED) is 0.343. The first-order valence-corrected chi connectivity index (χ1v) is 10.9. The summed E-state index contributed by atoms with van der Waals surface area (Å²) in [7, 11) is 0. The number of halogens is 2. The largest absolute Gasteiger partial charge is 0.345 e. The molecule has 1 aromatic carbocycles. The van der Waals surface area contributed by atoms with Gasteiger partial charge < -0.3 is 9.55 Å². The zero-order valence-electron chi connectivity index (χ0n) is 17.3. The van der Waals surface area contributed by atoms with Crippen LogP contribution in [0.15, 0.2) is 67.5 Å². The number of benzene rings is 1. The molecule has 33 heavy (non-hydrogen) atoms. The van der Waals surface area contributed by atoms with Crippen molar-refractivity contribution in [1.29, 1.82) is 0 Å². The molecule has 5 aromatic rings. The van der Waals surface area contributed by atoms with Gasteiger partial charge in [-0.1, -0.05) is 11.6 Å². The molecule has 1 aliphatic rings. The molecular weight excluding hydrogens is 441 g/mol. The molecule has 1 saturated carbocycles. The smallest absolute Gasteiger partial charge is 0.198 e. The maximum atomic E-state index is 15.4. The van der Waals surface area contributed by atoms with Crippen molar-refractivity contribution in [2.75, 3.05) is 0 Å². The van der Waals surface area contributed by atoms with E-state index >= 15 is 4.39 Å². The third kappa shape index (κ3) is 3.50. The van der Waals surface area contributed by atoms with E-state index in [0.29, 0.717) is 22.5 Å². The minimum Gasteiger partial charge on any atom is -0.345 e. The van der Waals surface area contributed by atoms with Crippen molar-refractivity contribution in [1.82, 2.24) is 24.5 Å². The fraction of sp³-hybridized carbons (Fsp3) is 0.120. The first-order chi connectivity index (χ1) is 16.1. The van der Waals surface area contributed by atoms with E-state index < -0.39 is 11.6 Å². The Labute approximate surface area is 193 Å². The van der Waals surface area contributed by atoms with Gasteiger partial charge in [0.1, 0.15) is 11.5 Å². The molecule has 8 heteroatoms. The molecular formula is C25H17ClFN5O. The number of hydrogen-bond acceptors (Lipinski definition) is 4. The zero-order chi connectivity index (χ0) is 22.5. The van der Waals surface area contributed by atoms with Crippen molar-refractivity contribution < 1.29 is 9.18 Å². The average Bonchev–Trinajstić information content (AvgIpc) is 3.37. The van der Waals surface area contributed by atoms with Gasteiger partial charge in [-0.15, -0.1) is 0 Å². The molecule has 0 saturated heterocycles. The lowest BCUT2D eigenvalue weighted by Gasteiger charge is -2.10. The number of fused-ring (bicyclic) bond motifs is 1. The molecule has 0 radical (unpaired) electrons. The van der Waals surface area contributed by atoms with Crippen LogP contribution in [0.2, 0.25) is 5.02 Å². The lowest BCUT2D eigenvalue weighted by Crippen LogP contribution is -2.07. The Hall–Kier alpha value is -3.84. The van der Waals surface area contributed by atoms with E-state index in [4.69, 9.17) is 11.6 Å². The van der Waals surface area contributed by atoms with Gasteiger partial charge in [-0.2, -0.15) is 0 Å². The fourth-order valence-electron chi connectivity index (χ4n) is 3.96. The highest BCUT2D eigenvalue weighted by Gasteiger charge is 2.26. The summed E-state index contributed by atoms with van der Waals surface area (Å²) >= 11 is 6.24. The lowest BCUT2D eigenvalue weighted by molar-refractivity contribution is 0.103. The summed E-state index contributed by atoms with van der Waals surface area (Å²) < 4.78 is 16.9. The van der Waals surface area contributed by atoms with Crippen molar-refractivity contribution in [3.8, 4) is 16.8 Å². The molecule has 0 atom stereocenters. The van der Waals surface area contributed by atoms with Gasteiger partial charge in [0.25, 0.3) is 0 Å². The molecule has 4 aromatic heterocycles. The Morgan fingerprint density at radius 1 is 1.00 bits per heavy atom. The summed E-state index contributed by atoms with van der Waals surface area (Å²) in [5, 5.41) is 0.862. The lowest BCUT2D eigenvalue weighted by atomic mass is 10.0. The Bertz CT molecular complexity index is 1500. The summed E-state index contributed by atoms with van der Waals surface area (Å²) in [6.07, 6.45) is 12.5. The molecule has 0 amide bonds. The second kappa shape index (κ2) is 7.64. The molecule has 1 aliphatic carbocycles. The summed E-state index contributed by atoms with van der Waals surface area (Å²) in [5.41, 5.74) is 2.53. The highest BCUT2D eigenvalue weighted by atomic mass is 35.5. The van der Waals surface area contributed by atoms with Crippen LogP contribution in [0.5, 0.6) is 0 Å². The third-order valence-corrected chi connectivity index (χ3v) is 6.09. The van der Waals surface area contributed by atoms with Crippen molar-refractivity contribution in [3.05, 3.63) is 95.3 Å². The molecule has 1 fully saturated rings. The van der Waals surface area contributed by atoms with E-state index in [0.717, 1.165) is 29.8 Å². The van der Waals surface area contributed by atoms with Crippen LogP contribution in [0.3, 0.4) is 0 Å². The number of carbonyl (C=O) groups excluding carboxylic acids is 1. The van der Waals surface area contributed by atoms with Crippen molar-refractivity contribution >= 4 is 28.4 Å². The van der Waals surface area contributed by atoms with Crippen LogP contribution < -0.4 is 0 Å². The maximum absolute atomic E-state index is 15.4. The number of nitrogens with one attached hydrogen (secondary N) is 1. The number of hydrogen-bond donors (Lipinski definition) is 1. The molecule has 0 spiro atoms. The first kappa shape index (κ1) is 19.8. The SMILES string of the molecule is O=C(c1cc(Cl)cc(-n2cccc2)c1F)c1c[nH]c2ncc(-c3cnc(C4CC4)nc3)cc12. The van der Waals surface area contributed by atoms with Gasteiger partial charge in [-0.3, -0.25) is 4.79 Å². The van der Waals surface area contributed by atoms with E-state index in [2.05, 4.69) is 19.9 Å². The molecule has 4 heterocycles. The van der Waals surface area contributed by atoms with E-state index in [9.17, 15) is 4.79 Å². The van der Waals surface area contributed by atoms with Gasteiger partial charge in [0.2, 0.25) is 0 Å². The second-order valence-corrected chi connectivity index (χ2v) is 8.57. The molecule has 1 N–H and O–H groups in total. The number of ketones is 1. The van der Waals surface area contributed by atoms with Crippen LogP contribution >= 0.6 is 11.6 Å². The maximum Gasteiger partial charge on any atom is 0.198 e. The predicted molar refractivity (Wildman–Crippen MR) is 123 cm³/mol. The van der Waals surface area contributed by atoms with Gasteiger partial charge in [-0.25, -0.2) is 19.3 Å². The number of aromatic amines is 1. The van der Waals surface area contributed by atoms with E-state index in [-0.39, 0.29) is 16.3 Å². The van der Waals surface area contributed by atoms with Gasteiger partial charge in [0, 0.05) is 70.2 Å². The van der Waals surface area contributed by atoms with Gasteiger partial charge in [0.15, 0.2) is 11.6 Å². The Morgan fingerprint density at radius 3 is 2.45 bits per heavy atom. The summed E-state index contributed by atoms with van der Waals surface area (Å²) in [4.78, 5) is 29.8. The minimum atomic E-state index is -0.636. The minimum absolute atomic E-state index is 0.102. The van der Waals surface area contributed by atoms with E-state index in [1.807, 2.05) is 6.07 Å². The van der Waals surface area contributed by atoms with Crippen LogP contribution in [-0.4, -0.2) is 30.3 Å². The van der Waals surface area contributed by atoms with Crippen molar-refractivity contribution in [3.63, 3.8) is 0 Å². The Kier molecular flexibility index (Phi) is 4.58. The third-order valence-electron chi connectivity index (χ3n) is 5.87.